The number of ether oxygens (including phenoxy) is 1. The van der Waals surface area contributed by atoms with Crippen LogP contribution in [0.1, 0.15) is 47.4 Å². The molecule has 0 saturated carbocycles. The first-order valence-electron chi connectivity index (χ1n) is 13.3. The fourth-order valence-corrected chi connectivity index (χ4v) is 3.94. The Morgan fingerprint density at radius 3 is 2.28 bits per heavy atom. The van der Waals surface area contributed by atoms with Gasteiger partial charge >= 0.3 is 19.3 Å². The Morgan fingerprint density at radius 2 is 1.78 bits per heavy atom. The largest absolute Gasteiger partial charge is 0.480 e. The minimum Gasteiger partial charge on any atom is -0.480 e. The number of terminal acetylenes is 1. The molecule has 6 N–H and O–H groups in total. The molecule has 0 amide bonds. The lowest BCUT2D eigenvalue weighted by Gasteiger charge is -2.11. The summed E-state index contributed by atoms with van der Waals surface area (Å²) in [6, 6.07) is 3.23. The normalized spacial score (nSPS) is 11.0. The number of hydrogen-bond donors (Lipinski definition) is 6. The van der Waals surface area contributed by atoms with E-state index < -0.39 is 37.6 Å². The van der Waals surface area contributed by atoms with Gasteiger partial charge in [0.25, 0.3) is 0 Å². The zero-order valence-corrected chi connectivity index (χ0v) is 29.0. The number of carboxylic acids is 1. The fraction of sp³-hybridized carbons (Fsp3) is 0.462. The van der Waals surface area contributed by atoms with Crippen molar-refractivity contribution in [3.63, 3.8) is 0 Å². The molecule has 1 aromatic carbocycles. The van der Waals surface area contributed by atoms with Crippen molar-refractivity contribution in [1.82, 2.24) is 30.0 Å². The van der Waals surface area contributed by atoms with Crippen LogP contribution in [0.15, 0.2) is 21.3 Å². The van der Waals surface area contributed by atoms with E-state index in [0.29, 0.717) is 29.2 Å². The molecule has 0 unspecified atom stereocenters. The Labute approximate surface area is 280 Å². The predicted octanol–water partition coefficient (Wildman–Crippen LogP) is 4.01. The van der Waals surface area contributed by atoms with Crippen LogP contribution in [0.2, 0.25) is 15.3 Å². The Balaban J connectivity index is 0.000000379. The molecular weight excluding hydrogens is 690 g/mol. The van der Waals surface area contributed by atoms with Crippen LogP contribution in [-0.4, -0.2) is 77.6 Å². The number of nitrogens with zero attached hydrogens (tertiary/aromatic N) is 5. The predicted molar refractivity (Wildman–Crippen MR) is 175 cm³/mol. The van der Waals surface area contributed by atoms with Crippen LogP contribution in [0.25, 0.3) is 5.69 Å². The first-order chi connectivity index (χ1) is 21.3. The highest BCUT2D eigenvalue weighted by molar-refractivity contribution is 7.51. The topological polar surface area (TPSA) is 227 Å². The molecule has 46 heavy (non-hydrogen) atoms. The van der Waals surface area contributed by atoms with Crippen LogP contribution in [0, 0.1) is 12.3 Å². The van der Waals surface area contributed by atoms with E-state index in [9.17, 15) is 14.2 Å². The zero-order chi connectivity index (χ0) is 35.2. The summed E-state index contributed by atoms with van der Waals surface area (Å²) in [5, 5.41) is 21.0. The molecule has 0 aliphatic carbocycles. The maximum atomic E-state index is 12.0. The van der Waals surface area contributed by atoms with Gasteiger partial charge in [0, 0.05) is 24.1 Å². The van der Waals surface area contributed by atoms with Crippen molar-refractivity contribution in [3.8, 4) is 23.8 Å². The summed E-state index contributed by atoms with van der Waals surface area (Å²) in [6.07, 6.45) is 4.56. The van der Waals surface area contributed by atoms with Crippen LogP contribution in [-0.2, 0) is 14.8 Å². The van der Waals surface area contributed by atoms with E-state index in [-0.39, 0.29) is 28.0 Å². The Kier molecular flexibility index (Phi) is 16.5. The molecule has 0 aliphatic heterocycles. The van der Waals surface area contributed by atoms with Crippen LogP contribution in [0.3, 0.4) is 0 Å². The Bertz CT molecular complexity index is 1600. The van der Waals surface area contributed by atoms with Gasteiger partial charge in [0.05, 0.1) is 28.6 Å². The van der Waals surface area contributed by atoms with Crippen LogP contribution in [0.5, 0.6) is 5.75 Å². The van der Waals surface area contributed by atoms with E-state index in [2.05, 4.69) is 41.9 Å². The second kappa shape index (κ2) is 18.7. The lowest BCUT2D eigenvalue weighted by atomic mass is 9.97. The Hall–Kier alpha value is -3.42. The van der Waals surface area contributed by atoms with E-state index in [0.717, 1.165) is 11.2 Å². The highest BCUT2D eigenvalue weighted by atomic mass is 35.5. The molecule has 0 bridgehead atoms. The lowest BCUT2D eigenvalue weighted by Crippen LogP contribution is -2.23. The van der Waals surface area contributed by atoms with E-state index in [1.807, 2.05) is 41.5 Å². The van der Waals surface area contributed by atoms with Crippen molar-refractivity contribution < 1.29 is 33.4 Å². The number of carboxylic acid groups (broad SMARTS) is 1. The summed E-state index contributed by atoms with van der Waals surface area (Å²) in [5.41, 5.74) is -0.103. The molecule has 3 rings (SSSR count). The number of carbonyl (C=O) groups is 1. The van der Waals surface area contributed by atoms with Crippen molar-refractivity contribution in [1.29, 1.82) is 0 Å². The molecule has 0 spiro atoms. The van der Waals surface area contributed by atoms with Crippen LogP contribution < -0.4 is 26.4 Å². The van der Waals surface area contributed by atoms with Crippen molar-refractivity contribution in [2.24, 2.45) is 0 Å². The quantitative estimate of drug-likeness (QED) is 0.121. The van der Waals surface area contributed by atoms with Gasteiger partial charge in [0.1, 0.15) is 12.4 Å². The molecule has 0 saturated heterocycles. The SMILES string of the molecule is C#CCOc1cc(-n2nc(C(C)(C)C)oc2=O)c(Cl)cc1Cl.CCNc1nc(Cl)nc(NC(C)C)n1.O=C(O)CNCP(=O)(O)O. The summed E-state index contributed by atoms with van der Waals surface area (Å²) in [7, 11) is -4.10. The van der Waals surface area contributed by atoms with Crippen LogP contribution >= 0.6 is 42.4 Å². The van der Waals surface area contributed by atoms with Crippen molar-refractivity contribution in [2.75, 3.05) is 36.6 Å². The third-order valence-electron chi connectivity index (χ3n) is 4.68. The van der Waals surface area contributed by atoms with Crippen molar-refractivity contribution >= 4 is 60.3 Å². The monoisotopic (exact) mass is 724 g/mol. The number of rotatable bonds is 11. The summed E-state index contributed by atoms with van der Waals surface area (Å²) < 4.78 is 21.6. The smallest absolute Gasteiger partial charge is 0.442 e. The van der Waals surface area contributed by atoms with Gasteiger partial charge < -0.3 is 34.7 Å². The highest BCUT2D eigenvalue weighted by Gasteiger charge is 2.24. The molecule has 254 valence electrons. The number of aromatic nitrogens is 5. The van der Waals surface area contributed by atoms with E-state index in [1.165, 1.54) is 12.1 Å². The molecule has 0 fully saturated rings. The maximum Gasteiger partial charge on any atom is 0.442 e. The van der Waals surface area contributed by atoms with Gasteiger partial charge in [0.15, 0.2) is 0 Å². The molecular formula is C26H36Cl3N8O8P. The third kappa shape index (κ3) is 15.2. The molecule has 3 aromatic rings. The zero-order valence-electron chi connectivity index (χ0n) is 25.8. The molecule has 0 aliphatic rings. The summed E-state index contributed by atoms with van der Waals surface area (Å²) >= 11 is 17.9. The molecule has 2 heterocycles. The van der Waals surface area contributed by atoms with Crippen molar-refractivity contribution in [2.45, 2.75) is 53.0 Å². The van der Waals surface area contributed by atoms with Gasteiger partial charge in [-0.3, -0.25) is 14.7 Å². The number of halogens is 3. The number of nitrogens with one attached hydrogen (secondary N) is 3. The second-order valence-electron chi connectivity index (χ2n) is 10.3. The first kappa shape index (κ1) is 40.6. The molecule has 2 aromatic heterocycles. The number of hydrogen-bond acceptors (Lipinski definition) is 12. The maximum absolute atomic E-state index is 12.0. The van der Waals surface area contributed by atoms with E-state index in [4.69, 9.17) is 65.3 Å². The lowest BCUT2D eigenvalue weighted by molar-refractivity contribution is -0.135. The third-order valence-corrected chi connectivity index (χ3v) is 6.09. The number of benzene rings is 1. The van der Waals surface area contributed by atoms with Crippen molar-refractivity contribution in [3.05, 3.63) is 43.9 Å². The minimum absolute atomic E-state index is 0.0434. The van der Waals surface area contributed by atoms with Gasteiger partial charge in [-0.2, -0.15) is 19.6 Å². The average molecular weight is 726 g/mol. The Morgan fingerprint density at radius 1 is 1.15 bits per heavy atom. The summed E-state index contributed by atoms with van der Waals surface area (Å²) in [4.78, 5) is 50.2. The van der Waals surface area contributed by atoms with E-state index in [1.54, 1.807) is 0 Å². The minimum atomic E-state index is -4.10. The van der Waals surface area contributed by atoms with Gasteiger partial charge in [-0.1, -0.05) is 49.9 Å². The summed E-state index contributed by atoms with van der Waals surface area (Å²) in [5.74, 6) is 2.15. The standard InChI is InChI=1S/C15H14Cl2N2O3.C8H14ClN5.C3H8NO5P/c1-5-6-21-12-8-11(9(16)7-10(12)17)19-14(20)22-13(18-19)15(2,3)4;1-4-10-7-12-6(9)13-8(14-7)11-5(2)3;5-3(6)1-4-2-10(7,8)9/h1,7-8H,6H2,2-4H3;5H,4H2,1-3H3,(H2,10,11,12,13,14);4H,1-2H2,(H,5,6)(H2,7,8,9). The van der Waals surface area contributed by atoms with E-state index >= 15 is 0 Å². The van der Waals surface area contributed by atoms with Gasteiger partial charge in [-0.05, 0) is 38.4 Å². The average Bonchev–Trinajstić information content (AvgIpc) is 3.29. The first-order valence-corrected chi connectivity index (χ1v) is 16.3. The second-order valence-corrected chi connectivity index (χ2v) is 13.1. The highest BCUT2D eigenvalue weighted by Crippen LogP contribution is 2.33. The fourth-order valence-electron chi connectivity index (χ4n) is 2.86. The number of aliphatic carboxylic acids is 1. The van der Waals surface area contributed by atoms with Gasteiger partial charge in [0.2, 0.25) is 23.1 Å². The summed E-state index contributed by atoms with van der Waals surface area (Å²) in [6.45, 7) is 12.0. The molecule has 20 heteroatoms. The van der Waals surface area contributed by atoms with Crippen LogP contribution in [0.4, 0.5) is 11.9 Å². The molecule has 16 nitrogen and oxygen atoms in total. The number of anilines is 2. The molecule has 0 radical (unpaired) electrons. The molecule has 0 atom stereocenters. The van der Waals surface area contributed by atoms with Gasteiger partial charge in [-0.15, -0.1) is 11.5 Å². The van der Waals surface area contributed by atoms with Gasteiger partial charge in [-0.25, -0.2) is 4.79 Å².